The first-order valence-corrected chi connectivity index (χ1v) is 10.1. The van der Waals surface area contributed by atoms with Crippen molar-refractivity contribution < 1.29 is 4.39 Å². The minimum Gasteiger partial charge on any atom is -0.326 e. The van der Waals surface area contributed by atoms with Crippen LogP contribution < -0.4 is 5.73 Å². The summed E-state index contributed by atoms with van der Waals surface area (Å²) in [4.78, 5) is 4.38. The van der Waals surface area contributed by atoms with E-state index in [1.807, 2.05) is 85.8 Å². The zero-order valence-corrected chi connectivity index (χ0v) is 17.1. The summed E-state index contributed by atoms with van der Waals surface area (Å²) >= 11 is 0. The molecular formula is C26H21FN4. The highest BCUT2D eigenvalue weighted by Gasteiger charge is 2.18. The molecule has 0 bridgehead atoms. The van der Waals surface area contributed by atoms with E-state index in [9.17, 15) is 0 Å². The van der Waals surface area contributed by atoms with Crippen LogP contribution in [-0.2, 0) is 6.54 Å². The van der Waals surface area contributed by atoms with Gasteiger partial charge in [0.15, 0.2) is 5.82 Å². The Morgan fingerprint density at radius 3 is 2.45 bits per heavy atom. The summed E-state index contributed by atoms with van der Waals surface area (Å²) in [5.74, 6) is -0.290. The topological polar surface area (TPSA) is 56.7 Å². The van der Waals surface area contributed by atoms with Crippen molar-refractivity contribution in [3.05, 3.63) is 102 Å². The van der Waals surface area contributed by atoms with Gasteiger partial charge in [-0.25, -0.2) is 9.07 Å². The lowest BCUT2D eigenvalue weighted by atomic mass is 10.0. The molecule has 0 aliphatic rings. The highest BCUT2D eigenvalue weighted by Crippen LogP contribution is 2.33. The first-order valence-electron chi connectivity index (χ1n) is 10.1. The smallest absolute Gasteiger partial charge is 0.157 e. The lowest BCUT2D eigenvalue weighted by Crippen LogP contribution is -2.02. The maximum atomic E-state index is 15.8. The molecule has 2 N–H and O–H groups in total. The number of hydrogen-bond donors (Lipinski definition) is 1. The number of hydrogen-bond acceptors (Lipinski definition) is 3. The van der Waals surface area contributed by atoms with E-state index in [1.165, 1.54) is 0 Å². The van der Waals surface area contributed by atoms with Crippen LogP contribution in [0, 0.1) is 12.7 Å². The Morgan fingerprint density at radius 2 is 1.71 bits per heavy atom. The third kappa shape index (κ3) is 3.39. The molecule has 2 aromatic heterocycles. The molecule has 0 spiro atoms. The van der Waals surface area contributed by atoms with Gasteiger partial charge < -0.3 is 5.73 Å². The van der Waals surface area contributed by atoms with Gasteiger partial charge >= 0.3 is 0 Å². The Balaban J connectivity index is 1.63. The van der Waals surface area contributed by atoms with Gasteiger partial charge in [0.2, 0.25) is 0 Å². The van der Waals surface area contributed by atoms with Crippen molar-refractivity contribution in [2.24, 2.45) is 5.73 Å². The van der Waals surface area contributed by atoms with Gasteiger partial charge in [-0.2, -0.15) is 5.10 Å². The molecule has 152 valence electrons. The molecule has 0 unspecified atom stereocenters. The molecule has 5 aromatic rings. The predicted octanol–water partition coefficient (Wildman–Crippen LogP) is 5.66. The highest BCUT2D eigenvalue weighted by atomic mass is 19.1. The maximum absolute atomic E-state index is 15.8. The van der Waals surface area contributed by atoms with Crippen molar-refractivity contribution in [3.8, 4) is 28.1 Å². The minimum atomic E-state index is -0.290. The van der Waals surface area contributed by atoms with E-state index in [-0.39, 0.29) is 5.82 Å². The Kier molecular flexibility index (Phi) is 4.81. The molecule has 31 heavy (non-hydrogen) atoms. The van der Waals surface area contributed by atoms with Crippen molar-refractivity contribution in [2.45, 2.75) is 13.5 Å². The van der Waals surface area contributed by atoms with Gasteiger partial charge in [-0.1, -0.05) is 54.6 Å². The molecule has 0 radical (unpaired) electrons. The normalized spacial score (nSPS) is 11.2. The maximum Gasteiger partial charge on any atom is 0.157 e. The van der Waals surface area contributed by atoms with Crippen molar-refractivity contribution in [2.75, 3.05) is 0 Å². The lowest BCUT2D eigenvalue weighted by Gasteiger charge is -2.10. The zero-order valence-electron chi connectivity index (χ0n) is 17.1. The van der Waals surface area contributed by atoms with Crippen LogP contribution >= 0.6 is 0 Å². The SMILES string of the molecule is Cc1nn(-c2cccc(CN)c2)c2c(F)c(-c3ccc(-c4ccccn4)cc3)ccc12. The van der Waals surface area contributed by atoms with E-state index in [0.717, 1.165) is 39.2 Å². The molecule has 0 saturated carbocycles. The molecule has 3 aromatic carbocycles. The van der Waals surface area contributed by atoms with E-state index >= 15 is 4.39 Å². The second kappa shape index (κ2) is 7.78. The molecule has 0 saturated heterocycles. The van der Waals surface area contributed by atoms with Crippen molar-refractivity contribution in [1.29, 1.82) is 0 Å². The molecule has 5 rings (SSSR count). The van der Waals surface area contributed by atoms with E-state index < -0.39 is 0 Å². The minimum absolute atomic E-state index is 0.290. The molecule has 0 aliphatic carbocycles. The number of fused-ring (bicyclic) bond motifs is 1. The number of rotatable bonds is 4. The van der Waals surface area contributed by atoms with Crippen molar-refractivity contribution >= 4 is 10.9 Å². The summed E-state index contributed by atoms with van der Waals surface area (Å²) in [6.07, 6.45) is 1.76. The number of aromatic nitrogens is 3. The Morgan fingerprint density at radius 1 is 0.903 bits per heavy atom. The summed E-state index contributed by atoms with van der Waals surface area (Å²) < 4.78 is 17.5. The van der Waals surface area contributed by atoms with Crippen LogP contribution in [0.3, 0.4) is 0 Å². The second-order valence-electron chi connectivity index (χ2n) is 7.49. The van der Waals surface area contributed by atoms with Crippen LogP contribution in [0.2, 0.25) is 0 Å². The van der Waals surface area contributed by atoms with Crippen LogP contribution in [-0.4, -0.2) is 14.8 Å². The average molecular weight is 408 g/mol. The van der Waals surface area contributed by atoms with Crippen molar-refractivity contribution in [3.63, 3.8) is 0 Å². The van der Waals surface area contributed by atoms with Crippen LogP contribution in [0.5, 0.6) is 0 Å². The van der Waals surface area contributed by atoms with Gasteiger partial charge in [-0.3, -0.25) is 4.98 Å². The van der Waals surface area contributed by atoms with Crippen LogP contribution in [0.1, 0.15) is 11.3 Å². The average Bonchev–Trinajstić information content (AvgIpc) is 3.17. The van der Waals surface area contributed by atoms with Crippen LogP contribution in [0.25, 0.3) is 39.0 Å². The van der Waals surface area contributed by atoms with Gasteiger partial charge in [0.25, 0.3) is 0 Å². The first-order chi connectivity index (χ1) is 15.2. The van der Waals surface area contributed by atoms with E-state index in [4.69, 9.17) is 5.73 Å². The number of benzene rings is 3. The van der Waals surface area contributed by atoms with Gasteiger partial charge in [0, 0.05) is 29.3 Å². The zero-order chi connectivity index (χ0) is 21.4. The van der Waals surface area contributed by atoms with Crippen LogP contribution in [0.4, 0.5) is 4.39 Å². The van der Waals surface area contributed by atoms with Crippen molar-refractivity contribution in [1.82, 2.24) is 14.8 Å². The molecule has 0 fully saturated rings. The third-order valence-electron chi connectivity index (χ3n) is 5.52. The number of aryl methyl sites for hydroxylation is 1. The van der Waals surface area contributed by atoms with Gasteiger partial charge in [0.05, 0.1) is 17.1 Å². The fraction of sp³-hybridized carbons (Fsp3) is 0.0769. The third-order valence-corrected chi connectivity index (χ3v) is 5.52. The summed E-state index contributed by atoms with van der Waals surface area (Å²) in [5, 5.41) is 5.41. The molecular weight excluding hydrogens is 387 g/mol. The Labute approximate surface area is 179 Å². The van der Waals surface area contributed by atoms with E-state index in [2.05, 4.69) is 10.1 Å². The Hall–Kier alpha value is -3.83. The molecule has 0 amide bonds. The largest absolute Gasteiger partial charge is 0.326 e. The molecule has 4 nitrogen and oxygen atoms in total. The van der Waals surface area contributed by atoms with E-state index in [1.54, 1.807) is 10.9 Å². The first kappa shape index (κ1) is 19.2. The number of nitrogens with zero attached hydrogens (tertiary/aromatic N) is 3. The van der Waals surface area contributed by atoms with Gasteiger partial charge in [-0.05, 0) is 42.3 Å². The Bertz CT molecular complexity index is 1370. The molecule has 0 atom stereocenters. The summed E-state index contributed by atoms with van der Waals surface area (Å²) in [7, 11) is 0. The number of nitrogens with two attached hydrogens (primary N) is 1. The van der Waals surface area contributed by atoms with Gasteiger partial charge in [-0.15, -0.1) is 0 Å². The molecule has 2 heterocycles. The summed E-state index contributed by atoms with van der Waals surface area (Å²) in [6.45, 7) is 2.31. The fourth-order valence-corrected chi connectivity index (χ4v) is 3.90. The van der Waals surface area contributed by atoms with Crippen LogP contribution in [0.15, 0.2) is 85.1 Å². The highest BCUT2D eigenvalue weighted by molar-refractivity contribution is 5.89. The summed E-state index contributed by atoms with van der Waals surface area (Å²) in [6, 6.07) is 25.1. The molecule has 0 aliphatic heterocycles. The fourth-order valence-electron chi connectivity index (χ4n) is 3.90. The summed E-state index contributed by atoms with van der Waals surface area (Å²) in [5.41, 5.74) is 12.0. The second-order valence-corrected chi connectivity index (χ2v) is 7.49. The standard InChI is InChI=1S/C26H21FN4/c1-17-22-12-13-23(19-8-10-20(11-9-19)24-7-2-3-14-29-24)25(27)26(22)31(30-17)21-6-4-5-18(15-21)16-28/h2-15H,16,28H2,1H3. The lowest BCUT2D eigenvalue weighted by molar-refractivity contribution is 0.635. The van der Waals surface area contributed by atoms with Gasteiger partial charge in [0.1, 0.15) is 5.52 Å². The monoisotopic (exact) mass is 408 g/mol. The number of halogens is 1. The quantitative estimate of drug-likeness (QED) is 0.417. The predicted molar refractivity (Wildman–Crippen MR) is 122 cm³/mol. The molecule has 5 heteroatoms. The van der Waals surface area contributed by atoms with E-state index in [0.29, 0.717) is 17.6 Å². The number of pyridine rings is 1.